The molecule has 3 heteroatoms. The van der Waals surface area contributed by atoms with Crippen LogP contribution in [0.5, 0.6) is 0 Å². The summed E-state index contributed by atoms with van der Waals surface area (Å²) in [6.07, 6.45) is 6.42. The number of halogens is 1. The van der Waals surface area contributed by atoms with Gasteiger partial charge in [0.05, 0.1) is 6.61 Å². The molecule has 2 aliphatic rings. The van der Waals surface area contributed by atoms with Crippen molar-refractivity contribution in [1.29, 1.82) is 0 Å². The predicted octanol–water partition coefficient (Wildman–Crippen LogP) is 4.68. The van der Waals surface area contributed by atoms with Crippen LogP contribution in [0.1, 0.15) is 52.9 Å². The molecule has 0 aromatic carbocycles. The van der Waals surface area contributed by atoms with Gasteiger partial charge in [-0.25, -0.2) is 0 Å². The fourth-order valence-electron chi connectivity index (χ4n) is 4.51. The second kappa shape index (κ2) is 5.99. The molecule has 2 saturated carbocycles. The zero-order chi connectivity index (χ0) is 14.0. The number of esters is 1. The van der Waals surface area contributed by atoms with Crippen LogP contribution in [0.15, 0.2) is 10.6 Å². The summed E-state index contributed by atoms with van der Waals surface area (Å²) >= 11 is 3.55. The monoisotopic (exact) mass is 328 g/mol. The fourth-order valence-corrected chi connectivity index (χ4v) is 5.06. The molecule has 0 saturated heterocycles. The lowest BCUT2D eigenvalue weighted by Crippen LogP contribution is -2.37. The lowest BCUT2D eigenvalue weighted by molar-refractivity contribution is -0.143. The highest BCUT2D eigenvalue weighted by Gasteiger charge is 2.50. The largest absolute Gasteiger partial charge is 0.466 e. The van der Waals surface area contributed by atoms with E-state index in [1.54, 1.807) is 5.57 Å². The molecular formula is C16H25BrO2. The molecule has 2 nitrogen and oxygen atoms in total. The quantitative estimate of drug-likeness (QED) is 0.703. The molecule has 0 aliphatic heterocycles. The van der Waals surface area contributed by atoms with Crippen molar-refractivity contribution < 1.29 is 9.53 Å². The van der Waals surface area contributed by atoms with Crippen LogP contribution in [-0.4, -0.2) is 12.6 Å². The van der Waals surface area contributed by atoms with Crippen LogP contribution >= 0.6 is 15.9 Å². The van der Waals surface area contributed by atoms with Gasteiger partial charge in [0.15, 0.2) is 0 Å². The Morgan fingerprint density at radius 3 is 2.95 bits per heavy atom. The molecule has 19 heavy (non-hydrogen) atoms. The molecule has 0 unspecified atom stereocenters. The molecule has 2 rings (SSSR count). The molecular weight excluding hydrogens is 304 g/mol. The molecule has 2 aliphatic carbocycles. The first-order valence-electron chi connectivity index (χ1n) is 7.41. The van der Waals surface area contributed by atoms with Crippen molar-refractivity contribution in [2.45, 2.75) is 52.9 Å². The smallest absolute Gasteiger partial charge is 0.302 e. The van der Waals surface area contributed by atoms with E-state index in [0.717, 1.165) is 5.92 Å². The Morgan fingerprint density at radius 2 is 2.32 bits per heavy atom. The van der Waals surface area contributed by atoms with E-state index in [2.05, 4.69) is 34.8 Å². The van der Waals surface area contributed by atoms with Gasteiger partial charge in [-0.2, -0.15) is 0 Å². The summed E-state index contributed by atoms with van der Waals surface area (Å²) in [6, 6.07) is 0. The second-order valence-electron chi connectivity index (χ2n) is 6.56. The Morgan fingerprint density at radius 1 is 1.58 bits per heavy atom. The van der Waals surface area contributed by atoms with E-state index >= 15 is 0 Å². The van der Waals surface area contributed by atoms with Gasteiger partial charge in [0.1, 0.15) is 0 Å². The maximum Gasteiger partial charge on any atom is 0.302 e. The van der Waals surface area contributed by atoms with Gasteiger partial charge in [-0.3, -0.25) is 4.79 Å². The molecule has 0 N–H and O–H groups in total. The molecule has 0 spiro atoms. The van der Waals surface area contributed by atoms with Crippen LogP contribution in [0, 0.1) is 23.2 Å². The number of allylic oxidation sites excluding steroid dienone is 1. The average Bonchev–Trinajstić information content (AvgIpc) is 2.72. The lowest BCUT2D eigenvalue weighted by atomic mass is 9.61. The van der Waals surface area contributed by atoms with E-state index in [0.29, 0.717) is 23.9 Å². The molecule has 0 heterocycles. The zero-order valence-corrected chi connectivity index (χ0v) is 13.8. The molecule has 108 valence electrons. The summed E-state index contributed by atoms with van der Waals surface area (Å²) in [5, 5.41) is 0. The third-order valence-electron chi connectivity index (χ3n) is 5.41. The molecule has 0 amide bonds. The van der Waals surface area contributed by atoms with Crippen LogP contribution in [0.2, 0.25) is 0 Å². The van der Waals surface area contributed by atoms with Crippen molar-refractivity contribution in [3.05, 3.63) is 10.6 Å². The average molecular weight is 329 g/mol. The predicted molar refractivity (Wildman–Crippen MR) is 81.0 cm³/mol. The fraction of sp³-hybridized carbons (Fsp3) is 0.812. The van der Waals surface area contributed by atoms with Crippen molar-refractivity contribution in [1.82, 2.24) is 0 Å². The Kier molecular flexibility index (Phi) is 4.75. The lowest BCUT2D eigenvalue weighted by Gasteiger charge is -2.44. The topological polar surface area (TPSA) is 26.3 Å². The van der Waals surface area contributed by atoms with Crippen LogP contribution in [0.25, 0.3) is 0 Å². The third kappa shape index (κ3) is 2.91. The van der Waals surface area contributed by atoms with E-state index in [9.17, 15) is 4.79 Å². The van der Waals surface area contributed by atoms with E-state index in [4.69, 9.17) is 4.74 Å². The minimum absolute atomic E-state index is 0.156. The summed E-state index contributed by atoms with van der Waals surface area (Å²) in [5.41, 5.74) is 1.99. The van der Waals surface area contributed by atoms with Crippen molar-refractivity contribution in [3.63, 3.8) is 0 Å². The summed E-state index contributed by atoms with van der Waals surface area (Å²) in [5.74, 6) is 1.72. The summed E-state index contributed by atoms with van der Waals surface area (Å²) in [4.78, 5) is 13.1. The third-order valence-corrected chi connectivity index (χ3v) is 6.00. The number of hydrogen-bond donors (Lipinski definition) is 0. The van der Waals surface area contributed by atoms with Gasteiger partial charge in [0.2, 0.25) is 0 Å². The number of hydrogen-bond acceptors (Lipinski definition) is 2. The van der Waals surface area contributed by atoms with Crippen LogP contribution in [0.4, 0.5) is 0 Å². The Balaban J connectivity index is 2.09. The first kappa shape index (κ1) is 15.1. The Bertz CT molecular complexity index is 377. The van der Waals surface area contributed by atoms with Gasteiger partial charge < -0.3 is 4.74 Å². The first-order chi connectivity index (χ1) is 8.99. The van der Waals surface area contributed by atoms with Crippen molar-refractivity contribution in [2.75, 3.05) is 6.61 Å². The SMILES string of the molecule is CC(=O)OC[C@@H](C)[C@H]1CC[C@H]2C(=CBr)CCC[C@]12C. The van der Waals surface area contributed by atoms with Gasteiger partial charge in [-0.15, -0.1) is 0 Å². The minimum Gasteiger partial charge on any atom is -0.466 e. The highest BCUT2D eigenvalue weighted by Crippen LogP contribution is 2.59. The van der Waals surface area contributed by atoms with Gasteiger partial charge >= 0.3 is 5.97 Å². The van der Waals surface area contributed by atoms with Gasteiger partial charge in [0, 0.05) is 6.92 Å². The van der Waals surface area contributed by atoms with Crippen molar-refractivity contribution >= 4 is 21.9 Å². The Hall–Kier alpha value is -0.310. The molecule has 2 fully saturated rings. The highest BCUT2D eigenvalue weighted by atomic mass is 79.9. The maximum atomic E-state index is 11.0. The number of ether oxygens (including phenoxy) is 1. The van der Waals surface area contributed by atoms with Crippen LogP contribution < -0.4 is 0 Å². The summed E-state index contributed by atoms with van der Waals surface area (Å²) in [6.45, 7) is 6.77. The summed E-state index contributed by atoms with van der Waals surface area (Å²) in [7, 11) is 0. The zero-order valence-electron chi connectivity index (χ0n) is 12.2. The van der Waals surface area contributed by atoms with Crippen molar-refractivity contribution in [3.8, 4) is 0 Å². The van der Waals surface area contributed by atoms with Crippen LogP contribution in [-0.2, 0) is 9.53 Å². The van der Waals surface area contributed by atoms with E-state index < -0.39 is 0 Å². The van der Waals surface area contributed by atoms with E-state index in [-0.39, 0.29) is 5.97 Å². The number of carbonyl (C=O) groups excluding carboxylic acids is 1. The summed E-state index contributed by atoms with van der Waals surface area (Å²) < 4.78 is 5.23. The number of rotatable bonds is 3. The van der Waals surface area contributed by atoms with Gasteiger partial charge in [-0.1, -0.05) is 35.4 Å². The van der Waals surface area contributed by atoms with Gasteiger partial charge in [-0.05, 0) is 60.3 Å². The second-order valence-corrected chi connectivity index (χ2v) is 7.02. The minimum atomic E-state index is -0.156. The molecule has 4 atom stereocenters. The molecule has 0 aromatic heterocycles. The van der Waals surface area contributed by atoms with E-state index in [1.165, 1.54) is 39.0 Å². The molecule has 0 bridgehead atoms. The van der Waals surface area contributed by atoms with Crippen molar-refractivity contribution in [2.24, 2.45) is 23.2 Å². The first-order valence-corrected chi connectivity index (χ1v) is 8.33. The van der Waals surface area contributed by atoms with Gasteiger partial charge in [0.25, 0.3) is 0 Å². The normalized spacial score (nSPS) is 38.0. The number of fused-ring (bicyclic) bond motifs is 1. The standard InChI is InChI=1S/C16H25BrO2/c1-11(10-19-12(2)18)14-6-7-15-13(9-17)5-4-8-16(14,15)3/h9,11,14-15H,4-8,10H2,1-3H3/t11-,14-,15+,16-/m1/s1. The Labute approximate surface area is 125 Å². The van der Waals surface area contributed by atoms with E-state index in [1.807, 2.05) is 0 Å². The number of carbonyl (C=O) groups is 1. The van der Waals surface area contributed by atoms with Crippen LogP contribution in [0.3, 0.4) is 0 Å². The molecule has 0 radical (unpaired) electrons. The maximum absolute atomic E-state index is 11.0. The molecule has 0 aromatic rings. The highest BCUT2D eigenvalue weighted by molar-refractivity contribution is 9.11.